The van der Waals surface area contributed by atoms with E-state index in [-0.39, 0.29) is 5.91 Å². The molecule has 1 aliphatic carbocycles. The van der Waals surface area contributed by atoms with E-state index in [1.807, 2.05) is 48.5 Å². The van der Waals surface area contributed by atoms with E-state index in [1.54, 1.807) is 0 Å². The molecule has 1 aromatic heterocycles. The molecule has 29 heavy (non-hydrogen) atoms. The number of carbonyl (C=O) groups is 1. The maximum atomic E-state index is 13.4. The van der Waals surface area contributed by atoms with Crippen LogP contribution in [0.4, 0.5) is 0 Å². The Morgan fingerprint density at radius 1 is 0.931 bits per heavy atom. The summed E-state index contributed by atoms with van der Waals surface area (Å²) in [6.45, 7) is 1.33. The van der Waals surface area contributed by atoms with Gasteiger partial charge in [-0.2, -0.15) is 0 Å². The van der Waals surface area contributed by atoms with Crippen molar-refractivity contribution in [1.29, 1.82) is 0 Å². The summed E-state index contributed by atoms with van der Waals surface area (Å²) in [4.78, 5) is 15.5. The Morgan fingerprint density at radius 2 is 1.66 bits per heavy atom. The molecule has 0 aliphatic heterocycles. The van der Waals surface area contributed by atoms with Gasteiger partial charge in [0.25, 0.3) is 5.91 Å². The first-order valence-corrected chi connectivity index (χ1v) is 10.8. The zero-order valence-corrected chi connectivity index (χ0v) is 17.4. The maximum absolute atomic E-state index is 13.4. The fourth-order valence-corrected chi connectivity index (χ4v) is 4.43. The van der Waals surface area contributed by atoms with Crippen LogP contribution in [0.5, 0.6) is 0 Å². The van der Waals surface area contributed by atoms with Gasteiger partial charge in [-0.05, 0) is 48.7 Å². The first kappa shape index (κ1) is 19.8. The maximum Gasteiger partial charge on any atom is 0.254 e. The van der Waals surface area contributed by atoms with Crippen LogP contribution in [0.15, 0.2) is 72.9 Å². The van der Waals surface area contributed by atoms with Crippen LogP contribution in [0.3, 0.4) is 0 Å². The van der Waals surface area contributed by atoms with E-state index < -0.39 is 0 Å². The van der Waals surface area contributed by atoms with Crippen molar-refractivity contribution in [3.63, 3.8) is 0 Å². The lowest BCUT2D eigenvalue weighted by Crippen LogP contribution is -2.41. The smallest absolute Gasteiger partial charge is 0.254 e. The van der Waals surface area contributed by atoms with E-state index in [0.29, 0.717) is 19.1 Å². The molecule has 3 nitrogen and oxygen atoms in total. The third-order valence-electron chi connectivity index (χ3n) is 5.85. The Labute approximate surface area is 177 Å². The minimum Gasteiger partial charge on any atom is -0.345 e. The predicted molar refractivity (Wildman–Crippen MR) is 118 cm³/mol. The largest absolute Gasteiger partial charge is 0.345 e. The molecule has 0 bridgehead atoms. The number of hydrogen-bond acceptors (Lipinski definition) is 1. The lowest BCUT2D eigenvalue weighted by Gasteiger charge is -2.35. The Balaban J connectivity index is 1.59. The predicted octanol–water partition coefficient (Wildman–Crippen LogP) is 6.16. The zero-order valence-electron chi connectivity index (χ0n) is 16.6. The quantitative estimate of drug-likeness (QED) is 0.480. The first-order valence-electron chi connectivity index (χ1n) is 10.5. The summed E-state index contributed by atoms with van der Waals surface area (Å²) < 4.78 is 2.20. The number of amides is 1. The average Bonchev–Trinajstić information content (AvgIpc) is 3.21. The van der Waals surface area contributed by atoms with Gasteiger partial charge in [-0.25, -0.2) is 0 Å². The molecule has 4 heteroatoms. The molecule has 4 rings (SSSR count). The van der Waals surface area contributed by atoms with Crippen molar-refractivity contribution < 1.29 is 4.79 Å². The highest BCUT2D eigenvalue weighted by Crippen LogP contribution is 2.26. The van der Waals surface area contributed by atoms with E-state index in [9.17, 15) is 4.79 Å². The van der Waals surface area contributed by atoms with Gasteiger partial charge in [-0.1, -0.05) is 67.3 Å². The van der Waals surface area contributed by atoms with Crippen molar-refractivity contribution in [2.24, 2.45) is 0 Å². The van der Waals surface area contributed by atoms with Gasteiger partial charge >= 0.3 is 0 Å². The third kappa shape index (κ3) is 4.73. The van der Waals surface area contributed by atoms with Crippen LogP contribution in [0.2, 0.25) is 5.02 Å². The van der Waals surface area contributed by atoms with Crippen LogP contribution in [0.25, 0.3) is 0 Å². The van der Waals surface area contributed by atoms with Gasteiger partial charge in [-0.15, -0.1) is 0 Å². The minimum absolute atomic E-state index is 0.128. The molecule has 1 saturated carbocycles. The van der Waals surface area contributed by atoms with Crippen molar-refractivity contribution in [3.8, 4) is 0 Å². The second kappa shape index (κ2) is 9.32. The van der Waals surface area contributed by atoms with E-state index in [4.69, 9.17) is 11.6 Å². The van der Waals surface area contributed by atoms with Crippen LogP contribution in [0, 0.1) is 0 Å². The molecule has 0 spiro atoms. The van der Waals surface area contributed by atoms with Gasteiger partial charge in [-0.3, -0.25) is 4.79 Å². The molecule has 1 aliphatic rings. The molecule has 1 fully saturated rings. The summed E-state index contributed by atoms with van der Waals surface area (Å²) in [6, 6.07) is 22.1. The molecule has 0 unspecified atom stereocenters. The molecule has 150 valence electrons. The summed E-state index contributed by atoms with van der Waals surface area (Å²) in [5, 5.41) is 0.775. The van der Waals surface area contributed by atoms with Gasteiger partial charge in [0, 0.05) is 35.1 Å². The Hall–Kier alpha value is -2.52. The molecule has 0 N–H and O–H groups in total. The SMILES string of the molecule is O=C(c1ccccc1)N(Cc1cccn1Cc1ccccc1Cl)C1CCCCC1. The van der Waals surface area contributed by atoms with Gasteiger partial charge in [0.1, 0.15) is 0 Å². The van der Waals surface area contributed by atoms with E-state index in [2.05, 4.69) is 33.9 Å². The second-order valence-corrected chi connectivity index (χ2v) is 8.22. The lowest BCUT2D eigenvalue weighted by molar-refractivity contribution is 0.0608. The molecule has 2 aromatic carbocycles. The van der Waals surface area contributed by atoms with E-state index in [0.717, 1.165) is 34.7 Å². The number of aromatic nitrogens is 1. The van der Waals surface area contributed by atoms with Crippen LogP contribution >= 0.6 is 11.6 Å². The number of halogens is 1. The minimum atomic E-state index is 0.128. The van der Waals surface area contributed by atoms with Crippen molar-refractivity contribution in [1.82, 2.24) is 9.47 Å². The molecule has 0 saturated heterocycles. The molecule has 0 atom stereocenters. The number of nitrogens with zero attached hydrogens (tertiary/aromatic N) is 2. The van der Waals surface area contributed by atoms with Gasteiger partial charge < -0.3 is 9.47 Å². The Kier molecular flexibility index (Phi) is 6.36. The lowest BCUT2D eigenvalue weighted by atomic mass is 9.93. The van der Waals surface area contributed by atoms with Crippen LogP contribution < -0.4 is 0 Å². The summed E-state index contributed by atoms with van der Waals surface area (Å²) >= 11 is 6.37. The van der Waals surface area contributed by atoms with E-state index >= 15 is 0 Å². The topological polar surface area (TPSA) is 25.2 Å². The average molecular weight is 407 g/mol. The van der Waals surface area contributed by atoms with Gasteiger partial charge in [0.05, 0.1) is 6.54 Å². The van der Waals surface area contributed by atoms with Crippen molar-refractivity contribution >= 4 is 17.5 Å². The molecule has 3 aromatic rings. The Morgan fingerprint density at radius 3 is 2.41 bits per heavy atom. The number of carbonyl (C=O) groups excluding carboxylic acids is 1. The Bertz CT molecular complexity index is 944. The standard InChI is InChI=1S/C25H27ClN2O/c26-24-16-8-7-12-21(24)18-27-17-9-15-23(27)19-28(22-13-5-2-6-14-22)25(29)20-10-3-1-4-11-20/h1,3-4,7-12,15-17,22H,2,5-6,13-14,18-19H2. The zero-order chi connectivity index (χ0) is 20.1. The second-order valence-electron chi connectivity index (χ2n) is 7.81. The fraction of sp³-hybridized carbons (Fsp3) is 0.320. The molecular formula is C25H27ClN2O. The summed E-state index contributed by atoms with van der Waals surface area (Å²) in [5.41, 5.74) is 2.99. The van der Waals surface area contributed by atoms with Crippen LogP contribution in [-0.4, -0.2) is 21.4 Å². The van der Waals surface area contributed by atoms with Gasteiger partial charge in [0.15, 0.2) is 0 Å². The van der Waals surface area contributed by atoms with E-state index in [1.165, 1.54) is 19.3 Å². The summed E-state index contributed by atoms with van der Waals surface area (Å²) in [5.74, 6) is 0.128. The fourth-order valence-electron chi connectivity index (χ4n) is 4.24. The highest BCUT2D eigenvalue weighted by molar-refractivity contribution is 6.31. The highest BCUT2D eigenvalue weighted by Gasteiger charge is 2.27. The van der Waals surface area contributed by atoms with Crippen molar-refractivity contribution in [3.05, 3.63) is 94.8 Å². The van der Waals surface area contributed by atoms with Crippen LogP contribution in [0.1, 0.15) is 53.7 Å². The van der Waals surface area contributed by atoms with Gasteiger partial charge in [0.2, 0.25) is 0 Å². The number of benzene rings is 2. The normalized spacial score (nSPS) is 14.7. The van der Waals surface area contributed by atoms with Crippen molar-refractivity contribution in [2.45, 2.75) is 51.2 Å². The van der Waals surface area contributed by atoms with Crippen molar-refractivity contribution in [2.75, 3.05) is 0 Å². The number of hydrogen-bond donors (Lipinski definition) is 0. The molecular weight excluding hydrogens is 380 g/mol. The third-order valence-corrected chi connectivity index (χ3v) is 6.22. The monoisotopic (exact) mass is 406 g/mol. The summed E-state index contributed by atoms with van der Waals surface area (Å²) in [6.07, 6.45) is 7.92. The number of rotatable bonds is 6. The van der Waals surface area contributed by atoms with Crippen LogP contribution in [-0.2, 0) is 13.1 Å². The highest BCUT2D eigenvalue weighted by atomic mass is 35.5. The molecule has 1 heterocycles. The summed E-state index contributed by atoms with van der Waals surface area (Å²) in [7, 11) is 0. The molecule has 0 radical (unpaired) electrons. The first-order chi connectivity index (χ1) is 14.2. The molecule has 1 amide bonds.